The number of phenols is 1. The molecule has 2 aromatic heterocycles. The van der Waals surface area contributed by atoms with E-state index in [0.29, 0.717) is 0 Å². The van der Waals surface area contributed by atoms with Crippen molar-refractivity contribution in [3.8, 4) is 17.0 Å². The maximum atomic E-state index is 9.64. The summed E-state index contributed by atoms with van der Waals surface area (Å²) in [6, 6.07) is 7.35. The zero-order valence-corrected chi connectivity index (χ0v) is 16.5. The fourth-order valence-corrected chi connectivity index (χ4v) is 4.12. The summed E-state index contributed by atoms with van der Waals surface area (Å²) in [5.74, 6) is 1.45. The van der Waals surface area contributed by atoms with Crippen LogP contribution in [0.2, 0.25) is 0 Å². The lowest BCUT2D eigenvalue weighted by Crippen LogP contribution is -2.25. The Bertz CT molecular complexity index is 907. The van der Waals surface area contributed by atoms with Crippen molar-refractivity contribution in [2.45, 2.75) is 39.2 Å². The molecule has 27 heavy (non-hydrogen) atoms. The molecule has 3 heterocycles. The Morgan fingerprint density at radius 3 is 2.59 bits per heavy atom. The van der Waals surface area contributed by atoms with Gasteiger partial charge in [0, 0.05) is 59.9 Å². The molecule has 0 radical (unpaired) electrons. The van der Waals surface area contributed by atoms with E-state index in [4.69, 9.17) is 9.97 Å². The number of aromatic nitrogens is 3. The molecule has 0 atom stereocenters. The summed E-state index contributed by atoms with van der Waals surface area (Å²) in [5.41, 5.74) is 6.37. The smallest absolute Gasteiger partial charge is 0.131 e. The second-order valence-corrected chi connectivity index (χ2v) is 8.27. The van der Waals surface area contributed by atoms with Gasteiger partial charge >= 0.3 is 0 Å². The van der Waals surface area contributed by atoms with Crippen LogP contribution in [0.1, 0.15) is 41.7 Å². The monoisotopic (exact) mass is 380 g/mol. The van der Waals surface area contributed by atoms with E-state index >= 15 is 0 Å². The number of aromatic hydroxyl groups is 1. The largest absolute Gasteiger partial charge is 0.508 e. The van der Waals surface area contributed by atoms with Crippen LogP contribution in [0.25, 0.3) is 11.3 Å². The van der Waals surface area contributed by atoms with Gasteiger partial charge in [0.2, 0.25) is 0 Å². The molecule has 1 aliphatic rings. The number of thiazole rings is 1. The van der Waals surface area contributed by atoms with Crippen LogP contribution < -0.4 is 0 Å². The molecule has 0 spiro atoms. The summed E-state index contributed by atoms with van der Waals surface area (Å²) in [4.78, 5) is 17.8. The van der Waals surface area contributed by atoms with Gasteiger partial charge in [0.1, 0.15) is 11.6 Å². The van der Waals surface area contributed by atoms with E-state index in [-0.39, 0.29) is 11.7 Å². The summed E-state index contributed by atoms with van der Waals surface area (Å²) in [6.07, 6.45) is 3.82. The van der Waals surface area contributed by atoms with Crippen molar-refractivity contribution >= 4 is 11.3 Å². The minimum atomic E-state index is 0.277. The van der Waals surface area contributed by atoms with Gasteiger partial charge in [-0.05, 0) is 30.7 Å². The average Bonchev–Trinajstić information content (AvgIpc) is 3.09. The molecule has 6 heteroatoms. The van der Waals surface area contributed by atoms with Crippen LogP contribution in [0, 0.1) is 0 Å². The van der Waals surface area contributed by atoms with Gasteiger partial charge in [-0.25, -0.2) is 9.97 Å². The van der Waals surface area contributed by atoms with Crippen LogP contribution in [-0.2, 0) is 19.4 Å². The maximum Gasteiger partial charge on any atom is 0.131 e. The molecule has 0 unspecified atom stereocenters. The first-order valence-corrected chi connectivity index (χ1v) is 10.3. The Balaban J connectivity index is 1.68. The minimum Gasteiger partial charge on any atom is -0.508 e. The van der Waals surface area contributed by atoms with Crippen molar-refractivity contribution in [1.82, 2.24) is 19.9 Å². The lowest BCUT2D eigenvalue weighted by molar-refractivity contribution is 0.281. The molecule has 4 rings (SSSR count). The van der Waals surface area contributed by atoms with Crippen LogP contribution in [-0.4, -0.2) is 38.0 Å². The van der Waals surface area contributed by atoms with Crippen LogP contribution in [0.15, 0.2) is 36.0 Å². The Hall–Kier alpha value is -2.31. The second-order valence-electron chi connectivity index (χ2n) is 7.30. The summed E-state index contributed by atoms with van der Waals surface area (Å²) in [7, 11) is 0. The highest BCUT2D eigenvalue weighted by Crippen LogP contribution is 2.29. The van der Waals surface area contributed by atoms with E-state index in [1.54, 1.807) is 23.5 Å². The van der Waals surface area contributed by atoms with Crippen LogP contribution in [0.4, 0.5) is 0 Å². The van der Waals surface area contributed by atoms with Crippen molar-refractivity contribution in [3.05, 3.63) is 57.9 Å². The molecular formula is C21H24N4OS. The Kier molecular flexibility index (Phi) is 5.18. The van der Waals surface area contributed by atoms with Crippen molar-refractivity contribution in [2.75, 3.05) is 13.1 Å². The zero-order valence-electron chi connectivity index (χ0n) is 15.7. The second kappa shape index (κ2) is 7.74. The highest BCUT2D eigenvalue weighted by atomic mass is 32.1. The molecule has 0 saturated carbocycles. The van der Waals surface area contributed by atoms with Gasteiger partial charge in [-0.1, -0.05) is 13.8 Å². The quantitative estimate of drug-likeness (QED) is 0.740. The van der Waals surface area contributed by atoms with Crippen molar-refractivity contribution in [3.63, 3.8) is 0 Å². The fraction of sp³-hybridized carbons (Fsp3) is 0.381. The molecule has 140 valence electrons. The molecule has 3 aromatic rings. The first-order valence-electron chi connectivity index (χ1n) is 9.39. The summed E-state index contributed by atoms with van der Waals surface area (Å²) < 4.78 is 0. The van der Waals surface area contributed by atoms with Gasteiger partial charge in [0.25, 0.3) is 0 Å². The van der Waals surface area contributed by atoms with Crippen LogP contribution >= 0.6 is 11.3 Å². The van der Waals surface area contributed by atoms with Gasteiger partial charge in [-0.3, -0.25) is 9.88 Å². The lowest BCUT2D eigenvalue weighted by atomic mass is 10.00. The molecule has 0 aliphatic carbocycles. The number of hydrogen-bond acceptors (Lipinski definition) is 6. The third-order valence-corrected chi connectivity index (χ3v) is 5.74. The van der Waals surface area contributed by atoms with Crippen molar-refractivity contribution in [1.29, 1.82) is 0 Å². The molecule has 0 bridgehead atoms. The van der Waals surface area contributed by atoms with Crippen LogP contribution in [0.3, 0.4) is 0 Å². The van der Waals surface area contributed by atoms with Gasteiger partial charge in [0.15, 0.2) is 0 Å². The van der Waals surface area contributed by atoms with E-state index in [2.05, 4.69) is 23.7 Å². The van der Waals surface area contributed by atoms with Crippen molar-refractivity contribution in [2.24, 2.45) is 0 Å². The molecule has 1 aliphatic heterocycles. The van der Waals surface area contributed by atoms with E-state index < -0.39 is 0 Å². The molecule has 1 aromatic carbocycles. The number of benzene rings is 1. The van der Waals surface area contributed by atoms with E-state index in [9.17, 15) is 5.11 Å². The number of fused-ring (bicyclic) bond motifs is 1. The third kappa shape index (κ3) is 4.01. The van der Waals surface area contributed by atoms with Crippen molar-refractivity contribution < 1.29 is 5.11 Å². The molecule has 0 saturated heterocycles. The Morgan fingerprint density at radius 2 is 1.89 bits per heavy atom. The number of nitrogens with zero attached hydrogens (tertiary/aromatic N) is 4. The van der Waals surface area contributed by atoms with E-state index in [0.717, 1.165) is 49.6 Å². The molecule has 1 N–H and O–H groups in total. The van der Waals surface area contributed by atoms with Crippen LogP contribution in [0.5, 0.6) is 5.75 Å². The first-order chi connectivity index (χ1) is 13.1. The number of rotatable bonds is 4. The standard InChI is InChI=1S/C21H24N4OS/c1-14(2)21-23-19-8-10-25(12-17-11-22-13-27-17)9-7-18(19)20(24-21)15-3-5-16(26)6-4-15/h3-6,11,13-14,26H,7-10,12H2,1-2H3. The minimum absolute atomic E-state index is 0.277. The summed E-state index contributed by atoms with van der Waals surface area (Å²) >= 11 is 1.71. The zero-order chi connectivity index (χ0) is 18.8. The van der Waals surface area contributed by atoms with E-state index in [1.165, 1.54) is 16.1 Å². The van der Waals surface area contributed by atoms with Gasteiger partial charge in [-0.15, -0.1) is 11.3 Å². The summed E-state index contributed by atoms with van der Waals surface area (Å²) in [6.45, 7) is 7.19. The maximum absolute atomic E-state index is 9.64. The third-order valence-electron chi connectivity index (χ3n) is 4.97. The highest BCUT2D eigenvalue weighted by molar-refractivity contribution is 7.09. The predicted octanol–water partition coefficient (Wildman–Crippen LogP) is 4.03. The van der Waals surface area contributed by atoms with Gasteiger partial charge in [0.05, 0.1) is 11.2 Å². The molecule has 0 fully saturated rings. The average molecular weight is 381 g/mol. The van der Waals surface area contributed by atoms with E-state index in [1.807, 2.05) is 23.8 Å². The SMILES string of the molecule is CC(C)c1nc2c(c(-c3ccc(O)cc3)n1)CCN(Cc1cncs1)CC2. The molecular weight excluding hydrogens is 356 g/mol. The topological polar surface area (TPSA) is 62.1 Å². The normalized spacial score (nSPS) is 14.9. The first kappa shape index (κ1) is 18.1. The van der Waals surface area contributed by atoms with Gasteiger partial charge < -0.3 is 5.11 Å². The Morgan fingerprint density at radius 1 is 1.11 bits per heavy atom. The highest BCUT2D eigenvalue weighted by Gasteiger charge is 2.22. The lowest BCUT2D eigenvalue weighted by Gasteiger charge is -2.18. The molecule has 0 amide bonds. The number of phenolic OH excluding ortho intramolecular Hbond substituents is 1. The summed E-state index contributed by atoms with van der Waals surface area (Å²) in [5, 5.41) is 9.64. The Labute approximate surface area is 163 Å². The molecule has 5 nitrogen and oxygen atoms in total. The predicted molar refractivity (Wildman–Crippen MR) is 108 cm³/mol. The number of hydrogen-bond donors (Lipinski definition) is 1. The fourth-order valence-electron chi connectivity index (χ4n) is 3.48. The van der Waals surface area contributed by atoms with Gasteiger partial charge in [-0.2, -0.15) is 0 Å².